The quantitative estimate of drug-likeness (QED) is 0.310. The molecule has 0 aromatic heterocycles. The van der Waals surface area contributed by atoms with Gasteiger partial charge in [-0.3, -0.25) is 0 Å². The second-order valence-corrected chi connectivity index (χ2v) is 1.14. The number of allylic oxidation sites excluding steroid dienone is 1. The van der Waals surface area contributed by atoms with Crippen LogP contribution in [-0.4, -0.2) is 5.78 Å². The smallest absolute Gasteiger partial charge is 0.0732 e. The van der Waals surface area contributed by atoms with E-state index in [1.54, 1.807) is 0 Å². The maximum absolute atomic E-state index is 10.0. The van der Waals surface area contributed by atoms with Crippen molar-refractivity contribution in [1.29, 1.82) is 0 Å². The van der Waals surface area contributed by atoms with Crippen LogP contribution in [0.15, 0.2) is 12.2 Å². The number of rotatable bonds is 2. The number of ketones is 1. The summed E-state index contributed by atoms with van der Waals surface area (Å²) in [7, 11) is 0. The van der Waals surface area contributed by atoms with Gasteiger partial charge in [0.1, 0.15) is 0 Å². The maximum Gasteiger partial charge on any atom is 0.0732 e. The van der Waals surface area contributed by atoms with Gasteiger partial charge in [0.05, 0.1) is 5.78 Å². The Balaban J connectivity index is -0.0000000145. The van der Waals surface area contributed by atoms with Gasteiger partial charge < -0.3 is 17.1 Å². The molecular weight excluding hydrogens is 1040 g/mol. The zero-order chi connectivity index (χ0) is 9.70. The van der Waals surface area contributed by atoms with Gasteiger partial charge in [-0.1, -0.05) is 27.7 Å². The molecule has 15 heavy (non-hydrogen) atoms. The van der Waals surface area contributed by atoms with E-state index in [2.05, 4.69) is 0 Å². The van der Waals surface area contributed by atoms with Crippen LogP contribution in [0, 0.1) is 6.54 Å². The summed E-state index contributed by atoms with van der Waals surface area (Å²) in [6, 6.07) is 0. The molecule has 0 aromatic carbocycles. The molecule has 0 aromatic rings. The van der Waals surface area contributed by atoms with E-state index >= 15 is 0 Å². The third-order valence-electron chi connectivity index (χ3n) is 0.427. The van der Waals surface area contributed by atoms with E-state index in [1.807, 2.05) is 27.7 Å². The van der Waals surface area contributed by atoms with Crippen LogP contribution in [-0.2, 0) is 45.6 Å². The first kappa shape index (κ1) is 49.7. The minimum atomic E-state index is -0.0245. The van der Waals surface area contributed by atoms with Crippen LogP contribution in [0.4, 0.5) is 0 Å². The number of hydrogen-bond donors (Lipinski definition) is 0. The molecule has 0 aliphatic carbocycles. The average Bonchev–Trinajstić information content (AvgIpc) is 2.08. The first-order valence-electron chi connectivity index (χ1n) is 3.95. The van der Waals surface area contributed by atoms with Gasteiger partial charge in [0.25, 0.3) is 0 Å². The molecule has 0 rings (SSSR count). The molecule has 0 amide bonds. The number of carbonyl (C=O) groups excluding carboxylic acids is 1. The van der Waals surface area contributed by atoms with Crippen LogP contribution in [0.1, 0.15) is 34.6 Å². The van der Waals surface area contributed by atoms with E-state index in [0.29, 0.717) is 0 Å². The van der Waals surface area contributed by atoms with Gasteiger partial charge in [-0.25, -0.2) is 6.08 Å². The summed E-state index contributed by atoms with van der Waals surface area (Å²) in [5.41, 5.74) is 6.43. The summed E-state index contributed by atoms with van der Waals surface area (Å²) in [6.07, 6.45) is 2.73. The van der Waals surface area contributed by atoms with Gasteiger partial charge in [0.15, 0.2) is 0 Å². The van der Waals surface area contributed by atoms with Gasteiger partial charge in [-0.15, -0.1) is 0 Å². The predicted molar refractivity (Wildman–Crippen MR) is 51.1 cm³/mol. The SMILES string of the molecule is CC.CC.CC(=O)/C=C/[CH-][NH-].[Re].[Re].[Rf].[Rf]. The second-order valence-electron chi connectivity index (χ2n) is 1.14. The summed E-state index contributed by atoms with van der Waals surface area (Å²) in [4.78, 5) is 10.0. The topological polar surface area (TPSA) is 40.9 Å². The number of hydrogen-bond acceptors (Lipinski definition) is 1. The van der Waals surface area contributed by atoms with Gasteiger partial charge in [-0.05, 0) is 6.92 Å². The summed E-state index contributed by atoms with van der Waals surface area (Å²) >= 11 is 0. The minimum Gasteiger partial charge on any atom is -0.746 e. The number of nitrogens with one attached hydrogen (secondary N) is 1. The summed E-state index contributed by atoms with van der Waals surface area (Å²) in [6.45, 7) is 10.5. The van der Waals surface area contributed by atoms with E-state index < -0.39 is 0 Å². The van der Waals surface area contributed by atoms with Crippen LogP contribution in [0.25, 0.3) is 5.73 Å². The molecule has 0 spiro atoms. The standard InChI is InChI=1S/C5H7NO.2C2H6.2Re.2Rf/c1-5(7)3-2-4-6;2*1-2;;;;/h2-4,6H,1H3;2*1-2H3;;;;/q-2;;;;;;/b3-2+;;;;;;. The van der Waals surface area contributed by atoms with Crippen molar-refractivity contribution < 1.29 is 45.6 Å². The molecule has 0 unspecified atom stereocenters. The molecule has 2 nitrogen and oxygen atoms in total. The van der Waals surface area contributed by atoms with Crippen molar-refractivity contribution in [2.24, 2.45) is 0 Å². The van der Waals surface area contributed by atoms with Gasteiger partial charge in [0.2, 0.25) is 0 Å². The van der Waals surface area contributed by atoms with Crippen LogP contribution in [0.3, 0.4) is 0 Å². The molecule has 2 radical (unpaired) electrons. The first-order valence-corrected chi connectivity index (χ1v) is 3.95. The molecule has 6 heteroatoms. The Morgan fingerprint density at radius 3 is 1.40 bits per heavy atom. The first-order chi connectivity index (χ1) is 5.27. The van der Waals surface area contributed by atoms with E-state index in [1.165, 1.54) is 19.1 Å². The number of carbonyl (C=O) groups is 1. The molecule has 0 atom stereocenters. The van der Waals surface area contributed by atoms with E-state index in [-0.39, 0.29) is 46.6 Å². The van der Waals surface area contributed by atoms with Crippen LogP contribution >= 0.6 is 0 Å². The van der Waals surface area contributed by atoms with Crippen molar-refractivity contribution in [2.75, 3.05) is 0 Å². The molecule has 86 valence electrons. The van der Waals surface area contributed by atoms with Crippen molar-refractivity contribution in [3.63, 3.8) is 0 Å². The molecule has 0 bridgehead atoms. The monoisotopic (exact) mass is 1070 g/mol. The molecule has 0 aliphatic rings. The van der Waals surface area contributed by atoms with Gasteiger partial charge >= 0.3 is 0 Å². The normalized spacial score (nSPS) is 5.20. The van der Waals surface area contributed by atoms with Crippen molar-refractivity contribution in [3.05, 3.63) is 24.4 Å². The summed E-state index contributed by atoms with van der Waals surface area (Å²) in [5, 5.41) is 0. The molecule has 1 N–H and O–H groups in total. The van der Waals surface area contributed by atoms with Gasteiger partial charge in [-0.2, -0.15) is 6.08 Å². The van der Waals surface area contributed by atoms with Crippen molar-refractivity contribution in [1.82, 2.24) is 0 Å². The van der Waals surface area contributed by atoms with E-state index in [0.717, 1.165) is 6.54 Å². The van der Waals surface area contributed by atoms with Crippen LogP contribution in [0.5, 0.6) is 0 Å². The zero-order valence-electron chi connectivity index (χ0n) is 10.3. The molecule has 0 saturated carbocycles. The zero-order valence-corrected chi connectivity index (χ0v) is 28.5. The third kappa shape index (κ3) is 213. The van der Waals surface area contributed by atoms with E-state index in [9.17, 15) is 4.79 Å². The van der Waals surface area contributed by atoms with Gasteiger partial charge in [0, 0.05) is 40.8 Å². The summed E-state index contributed by atoms with van der Waals surface area (Å²) < 4.78 is 0. The Morgan fingerprint density at radius 1 is 1.07 bits per heavy atom. The van der Waals surface area contributed by atoms with Crippen LogP contribution < -0.4 is 0 Å². The molecule has 0 fully saturated rings. The summed E-state index contributed by atoms with van der Waals surface area (Å²) in [5.74, 6) is -0.0245. The Kier molecular flexibility index (Phi) is 267. The Bertz CT molecular complexity index is 104. The second kappa shape index (κ2) is 80.6. The third-order valence-corrected chi connectivity index (χ3v) is 0.427. The Labute approximate surface area is 110 Å². The predicted octanol–water partition coefficient (Wildman–Crippen LogP) is 3.39. The van der Waals surface area contributed by atoms with Crippen LogP contribution in [0.2, 0.25) is 0 Å². The largest absolute Gasteiger partial charge is 0.746 e. The fourth-order valence-electron chi connectivity index (χ4n) is 0.184. The molecule has 0 aliphatic heterocycles. The molecule has 0 saturated heterocycles. The van der Waals surface area contributed by atoms with Crippen molar-refractivity contribution in [2.45, 2.75) is 34.6 Å². The van der Waals surface area contributed by atoms with Crippen molar-refractivity contribution >= 4 is 5.78 Å². The van der Waals surface area contributed by atoms with E-state index in [4.69, 9.17) is 5.73 Å². The molecule has 0 heterocycles. The fourth-order valence-corrected chi connectivity index (χ4v) is 0.184. The maximum atomic E-state index is 10.0. The minimum absolute atomic E-state index is 0. The Hall–Kier alpha value is -1.44. The molecular formula is C9H19NORe2Rf2-2. The van der Waals surface area contributed by atoms with Crippen molar-refractivity contribution in [3.8, 4) is 0 Å². The average molecular weight is 1060 g/mol. The Morgan fingerprint density at radius 2 is 1.33 bits per heavy atom. The fraction of sp³-hybridized carbons (Fsp3) is 0.556.